The Morgan fingerprint density at radius 1 is 1.15 bits per heavy atom. The lowest BCUT2D eigenvalue weighted by Gasteiger charge is -2.11. The standard InChI is InChI=1S/C16H12Cl2F3N5/c17-10-4-1-8(5-11(10)18)6-26-7-22-12-13(23-9-2-3-9)24-15(16(19,20)21)25-14(12)26/h1,4-5,7,9H,2-3,6H2,(H,23,24,25). The molecule has 0 aliphatic heterocycles. The van der Waals surface area contributed by atoms with E-state index in [2.05, 4.69) is 20.3 Å². The van der Waals surface area contributed by atoms with Crippen LogP contribution in [0.25, 0.3) is 11.2 Å². The van der Waals surface area contributed by atoms with Crippen LogP contribution in [0.5, 0.6) is 0 Å². The van der Waals surface area contributed by atoms with Crippen LogP contribution >= 0.6 is 23.2 Å². The Bertz CT molecular complexity index is 982. The summed E-state index contributed by atoms with van der Waals surface area (Å²) in [7, 11) is 0. The molecule has 1 aliphatic rings. The van der Waals surface area contributed by atoms with E-state index in [0.29, 0.717) is 15.6 Å². The molecule has 1 aromatic carbocycles. The van der Waals surface area contributed by atoms with Crippen LogP contribution in [0.4, 0.5) is 19.0 Å². The van der Waals surface area contributed by atoms with Gasteiger partial charge in [0.1, 0.15) is 5.52 Å². The largest absolute Gasteiger partial charge is 0.451 e. The molecule has 1 aliphatic carbocycles. The number of hydrogen-bond acceptors (Lipinski definition) is 4. The molecule has 4 rings (SSSR count). The number of imidazole rings is 1. The highest BCUT2D eigenvalue weighted by atomic mass is 35.5. The van der Waals surface area contributed by atoms with Crippen molar-refractivity contribution in [1.29, 1.82) is 0 Å². The summed E-state index contributed by atoms with van der Waals surface area (Å²) in [5, 5.41) is 3.78. The maximum Gasteiger partial charge on any atom is 0.451 e. The molecule has 0 bridgehead atoms. The Morgan fingerprint density at radius 2 is 1.92 bits per heavy atom. The van der Waals surface area contributed by atoms with Crippen LogP contribution in [-0.2, 0) is 12.7 Å². The van der Waals surface area contributed by atoms with Crippen LogP contribution in [0.2, 0.25) is 10.0 Å². The predicted molar refractivity (Wildman–Crippen MR) is 92.5 cm³/mol. The number of hydrogen-bond donors (Lipinski definition) is 1. The van der Waals surface area contributed by atoms with Crippen molar-refractivity contribution in [2.75, 3.05) is 5.32 Å². The van der Waals surface area contributed by atoms with Crippen molar-refractivity contribution in [3.63, 3.8) is 0 Å². The molecule has 1 N–H and O–H groups in total. The van der Waals surface area contributed by atoms with Gasteiger partial charge in [-0.25, -0.2) is 15.0 Å². The van der Waals surface area contributed by atoms with E-state index < -0.39 is 12.0 Å². The second-order valence-electron chi connectivity index (χ2n) is 6.11. The van der Waals surface area contributed by atoms with Crippen LogP contribution in [0.15, 0.2) is 24.5 Å². The Labute approximate surface area is 156 Å². The van der Waals surface area contributed by atoms with Gasteiger partial charge >= 0.3 is 6.18 Å². The van der Waals surface area contributed by atoms with Gasteiger partial charge in [-0.3, -0.25) is 0 Å². The number of aromatic nitrogens is 4. The van der Waals surface area contributed by atoms with Crippen molar-refractivity contribution in [3.05, 3.63) is 46.0 Å². The summed E-state index contributed by atoms with van der Waals surface area (Å²) in [6.07, 6.45) is -1.40. The van der Waals surface area contributed by atoms with Crippen molar-refractivity contribution in [2.24, 2.45) is 0 Å². The topological polar surface area (TPSA) is 55.6 Å². The molecule has 136 valence electrons. The smallest absolute Gasteiger partial charge is 0.365 e. The molecule has 0 radical (unpaired) electrons. The molecule has 1 saturated carbocycles. The van der Waals surface area contributed by atoms with Gasteiger partial charge in [-0.2, -0.15) is 13.2 Å². The summed E-state index contributed by atoms with van der Waals surface area (Å²) in [6, 6.07) is 5.17. The van der Waals surface area contributed by atoms with Crippen molar-refractivity contribution < 1.29 is 13.2 Å². The fourth-order valence-corrected chi connectivity index (χ4v) is 2.86. The molecular weight excluding hydrogens is 390 g/mol. The zero-order valence-electron chi connectivity index (χ0n) is 13.2. The first-order chi connectivity index (χ1) is 12.3. The summed E-state index contributed by atoms with van der Waals surface area (Å²) < 4.78 is 41.1. The molecule has 10 heteroatoms. The quantitative estimate of drug-likeness (QED) is 0.683. The third kappa shape index (κ3) is 3.43. The molecule has 26 heavy (non-hydrogen) atoms. The number of nitrogens with one attached hydrogen (secondary N) is 1. The normalized spacial score (nSPS) is 14.8. The van der Waals surface area contributed by atoms with Gasteiger partial charge in [-0.15, -0.1) is 0 Å². The first-order valence-electron chi connectivity index (χ1n) is 7.82. The highest BCUT2D eigenvalue weighted by molar-refractivity contribution is 6.42. The summed E-state index contributed by atoms with van der Waals surface area (Å²) in [4.78, 5) is 11.5. The maximum atomic E-state index is 13.2. The number of alkyl halides is 3. The van der Waals surface area contributed by atoms with E-state index >= 15 is 0 Å². The molecule has 2 heterocycles. The maximum absolute atomic E-state index is 13.2. The Morgan fingerprint density at radius 3 is 2.58 bits per heavy atom. The third-order valence-electron chi connectivity index (χ3n) is 3.97. The van der Waals surface area contributed by atoms with Gasteiger partial charge in [-0.1, -0.05) is 29.3 Å². The SMILES string of the molecule is FC(F)(F)c1nc(NC2CC2)c2ncn(Cc3ccc(Cl)c(Cl)c3)c2n1. The van der Waals surface area contributed by atoms with E-state index in [4.69, 9.17) is 23.2 Å². The lowest BCUT2D eigenvalue weighted by molar-refractivity contribution is -0.144. The molecule has 0 unspecified atom stereocenters. The van der Waals surface area contributed by atoms with Gasteiger partial charge < -0.3 is 9.88 Å². The summed E-state index contributed by atoms with van der Waals surface area (Å²) in [6.45, 7) is 0.255. The van der Waals surface area contributed by atoms with Crippen LogP contribution in [0, 0.1) is 0 Å². The molecule has 5 nitrogen and oxygen atoms in total. The second-order valence-corrected chi connectivity index (χ2v) is 6.92. The molecule has 1 fully saturated rings. The zero-order chi connectivity index (χ0) is 18.5. The molecule has 0 saturated heterocycles. The van der Waals surface area contributed by atoms with Crippen molar-refractivity contribution in [1.82, 2.24) is 19.5 Å². The first kappa shape index (κ1) is 17.4. The van der Waals surface area contributed by atoms with Crippen molar-refractivity contribution in [3.8, 4) is 0 Å². The van der Waals surface area contributed by atoms with Crippen molar-refractivity contribution in [2.45, 2.75) is 31.6 Å². The average Bonchev–Trinajstić information content (AvgIpc) is 3.29. The monoisotopic (exact) mass is 401 g/mol. The summed E-state index contributed by atoms with van der Waals surface area (Å²) in [5.74, 6) is -1.08. The average molecular weight is 402 g/mol. The summed E-state index contributed by atoms with van der Waals surface area (Å²) >= 11 is 11.9. The molecule has 3 aromatic rings. The molecule has 0 spiro atoms. The second kappa shape index (κ2) is 6.28. The van der Waals surface area contributed by atoms with Gasteiger partial charge in [0.15, 0.2) is 11.5 Å². The van der Waals surface area contributed by atoms with Crippen LogP contribution in [-0.4, -0.2) is 25.6 Å². The van der Waals surface area contributed by atoms with E-state index in [-0.39, 0.29) is 24.1 Å². The van der Waals surface area contributed by atoms with Gasteiger partial charge in [-0.05, 0) is 30.5 Å². The van der Waals surface area contributed by atoms with Gasteiger partial charge in [0.25, 0.3) is 0 Å². The highest BCUT2D eigenvalue weighted by Gasteiger charge is 2.37. The van der Waals surface area contributed by atoms with Crippen molar-refractivity contribution >= 4 is 40.2 Å². The number of fused-ring (bicyclic) bond motifs is 1. The van der Waals surface area contributed by atoms with E-state index in [0.717, 1.165) is 18.4 Å². The molecule has 2 aromatic heterocycles. The van der Waals surface area contributed by atoms with E-state index in [1.165, 1.54) is 10.9 Å². The first-order valence-corrected chi connectivity index (χ1v) is 8.57. The molecular formula is C16H12Cl2F3N5. The summed E-state index contributed by atoms with van der Waals surface area (Å²) in [5.41, 5.74) is 1.19. The van der Waals surface area contributed by atoms with Gasteiger partial charge in [0, 0.05) is 6.04 Å². The molecule has 0 amide bonds. The predicted octanol–water partition coefficient (Wildman–Crippen LogP) is 4.77. The number of benzene rings is 1. The van der Waals surface area contributed by atoms with Gasteiger partial charge in [0.05, 0.1) is 22.9 Å². The fraction of sp³-hybridized carbons (Fsp3) is 0.312. The van der Waals surface area contributed by atoms with Crippen LogP contribution < -0.4 is 5.32 Å². The van der Waals surface area contributed by atoms with E-state index in [1.807, 2.05) is 0 Å². The van der Waals surface area contributed by atoms with Gasteiger partial charge in [0.2, 0.25) is 5.82 Å². The third-order valence-corrected chi connectivity index (χ3v) is 4.71. The molecule has 0 atom stereocenters. The Kier molecular flexibility index (Phi) is 4.19. The Balaban J connectivity index is 1.78. The van der Waals surface area contributed by atoms with Crippen LogP contribution in [0.1, 0.15) is 24.2 Å². The number of nitrogens with zero attached hydrogens (tertiary/aromatic N) is 4. The number of halogens is 5. The van der Waals surface area contributed by atoms with E-state index in [1.54, 1.807) is 18.2 Å². The zero-order valence-corrected chi connectivity index (χ0v) is 14.7. The minimum absolute atomic E-state index is 0.109. The Hall–Kier alpha value is -2.06. The minimum atomic E-state index is -4.65. The lowest BCUT2D eigenvalue weighted by Crippen LogP contribution is -2.15. The fourth-order valence-electron chi connectivity index (χ4n) is 2.54. The number of rotatable bonds is 4. The lowest BCUT2D eigenvalue weighted by atomic mass is 10.2. The van der Waals surface area contributed by atoms with Crippen LogP contribution in [0.3, 0.4) is 0 Å². The minimum Gasteiger partial charge on any atom is -0.365 e. The number of anilines is 1. The highest BCUT2D eigenvalue weighted by Crippen LogP contribution is 2.32. The van der Waals surface area contributed by atoms with E-state index in [9.17, 15) is 13.2 Å².